The number of nitrogens with zero attached hydrogens (tertiary/aromatic N) is 4. The van der Waals surface area contributed by atoms with Gasteiger partial charge in [-0.3, -0.25) is 14.4 Å². The zero-order valence-corrected chi connectivity index (χ0v) is 15.9. The molecule has 2 aromatic rings. The predicted octanol–water partition coefficient (Wildman–Crippen LogP) is 1.57. The number of nitrogens with one attached hydrogen (secondary N) is 1. The molecular weight excluding hydrogens is 378 g/mol. The van der Waals surface area contributed by atoms with Gasteiger partial charge in [0, 0.05) is 12.7 Å². The molecule has 0 aromatic carbocycles. The highest BCUT2D eigenvalue weighted by Gasteiger charge is 2.32. The quantitative estimate of drug-likeness (QED) is 0.666. The number of imidazole rings is 1. The Morgan fingerprint density at radius 3 is 2.96 bits per heavy atom. The van der Waals surface area contributed by atoms with Gasteiger partial charge in [0.25, 0.3) is 0 Å². The third kappa shape index (κ3) is 4.22. The summed E-state index contributed by atoms with van der Waals surface area (Å²) in [5.74, 6) is -0.576. The molecule has 1 aliphatic heterocycles. The molecule has 0 amide bonds. The average molecular weight is 398 g/mol. The fraction of sp³-hybridized carbons (Fsp3) is 0.467. The molecule has 0 unspecified atom stereocenters. The summed E-state index contributed by atoms with van der Waals surface area (Å²) in [5, 5.41) is 2.72. The summed E-state index contributed by atoms with van der Waals surface area (Å²) in [6.07, 6.45) is 1.32. The minimum Gasteiger partial charge on any atom is -0.382 e. The van der Waals surface area contributed by atoms with E-state index in [-0.39, 0.29) is 17.9 Å². The van der Waals surface area contributed by atoms with Crippen LogP contribution in [-0.4, -0.2) is 50.6 Å². The van der Waals surface area contributed by atoms with Crippen molar-refractivity contribution in [3.05, 3.63) is 24.6 Å². The van der Waals surface area contributed by atoms with Crippen molar-refractivity contribution in [3.8, 4) is 0 Å². The standard InChI is InChI=1S/C15H20FN6O4P/c1-8(9(2)23)21-27(3,24)7-25-11-4-10(16)15(26-11)22-6-20-12-13(17)18-5-19-14(12)22/h4-6,8,11,15H,7H2,1-3H3,(H,21,24)(H2,17,18,19)/t8-,11-,15+,27+/m0/s1. The Kier molecular flexibility index (Phi) is 5.38. The third-order valence-corrected chi connectivity index (χ3v) is 5.57. The molecule has 27 heavy (non-hydrogen) atoms. The maximum atomic E-state index is 14.4. The van der Waals surface area contributed by atoms with Crippen LogP contribution in [0.1, 0.15) is 20.1 Å². The Bertz CT molecular complexity index is 948. The Morgan fingerprint density at radius 1 is 1.52 bits per heavy atom. The maximum absolute atomic E-state index is 14.4. The Hall–Kier alpha value is -2.20. The number of carbonyl (C=O) groups is 1. The van der Waals surface area contributed by atoms with Crippen molar-refractivity contribution in [2.75, 3.05) is 18.7 Å². The summed E-state index contributed by atoms with van der Waals surface area (Å²) < 4.78 is 39.2. The van der Waals surface area contributed by atoms with Gasteiger partial charge in [0.2, 0.25) is 0 Å². The van der Waals surface area contributed by atoms with Crippen molar-refractivity contribution in [2.24, 2.45) is 0 Å². The Morgan fingerprint density at radius 2 is 2.26 bits per heavy atom. The lowest BCUT2D eigenvalue weighted by molar-refractivity contribution is -0.128. The topological polar surface area (TPSA) is 134 Å². The summed E-state index contributed by atoms with van der Waals surface area (Å²) in [5.41, 5.74) is 6.37. The molecule has 0 bridgehead atoms. The van der Waals surface area contributed by atoms with E-state index in [2.05, 4.69) is 20.0 Å². The van der Waals surface area contributed by atoms with Crippen LogP contribution in [0.4, 0.5) is 10.2 Å². The van der Waals surface area contributed by atoms with Gasteiger partial charge in [0.1, 0.15) is 24.0 Å². The maximum Gasteiger partial charge on any atom is 0.192 e. The number of Topliss-reactive ketones (excluding diaryl/α,β-unsaturated/α-hetero) is 1. The molecule has 12 heteroatoms. The molecule has 146 valence electrons. The monoisotopic (exact) mass is 398 g/mol. The molecule has 2 aromatic heterocycles. The van der Waals surface area contributed by atoms with Gasteiger partial charge < -0.3 is 19.8 Å². The normalized spacial score (nSPS) is 23.2. The highest BCUT2D eigenvalue weighted by Crippen LogP contribution is 2.39. The number of fused-ring (bicyclic) bond motifs is 1. The van der Waals surface area contributed by atoms with Gasteiger partial charge in [-0.2, -0.15) is 0 Å². The van der Waals surface area contributed by atoms with E-state index in [4.69, 9.17) is 15.2 Å². The number of anilines is 1. The van der Waals surface area contributed by atoms with Crippen LogP contribution >= 0.6 is 7.29 Å². The smallest absolute Gasteiger partial charge is 0.192 e. The molecule has 0 radical (unpaired) electrons. The van der Waals surface area contributed by atoms with Crippen molar-refractivity contribution in [3.63, 3.8) is 0 Å². The van der Waals surface area contributed by atoms with Gasteiger partial charge in [-0.15, -0.1) is 0 Å². The van der Waals surface area contributed by atoms with Crippen molar-refractivity contribution in [2.45, 2.75) is 32.4 Å². The molecule has 0 saturated carbocycles. The fourth-order valence-corrected chi connectivity index (χ4v) is 4.03. The Balaban J connectivity index is 1.67. The minimum atomic E-state index is -2.98. The third-order valence-electron chi connectivity index (χ3n) is 4.00. The largest absolute Gasteiger partial charge is 0.382 e. The molecule has 3 heterocycles. The van der Waals surface area contributed by atoms with Crippen molar-refractivity contribution in [1.82, 2.24) is 24.6 Å². The number of ether oxygens (including phenoxy) is 2. The van der Waals surface area contributed by atoms with Crippen molar-refractivity contribution < 1.29 is 23.2 Å². The number of nitrogen functional groups attached to an aromatic ring is 1. The van der Waals surface area contributed by atoms with Gasteiger partial charge in [-0.25, -0.2) is 19.3 Å². The number of carbonyl (C=O) groups excluding carboxylic acids is 1. The number of nitrogens with two attached hydrogens (primary N) is 1. The number of aromatic nitrogens is 4. The van der Waals surface area contributed by atoms with E-state index in [0.29, 0.717) is 11.2 Å². The van der Waals surface area contributed by atoms with Gasteiger partial charge in [-0.05, 0) is 13.8 Å². The second kappa shape index (κ2) is 7.43. The number of hydrogen-bond donors (Lipinski definition) is 2. The van der Waals surface area contributed by atoms with E-state index < -0.39 is 31.7 Å². The first-order valence-electron chi connectivity index (χ1n) is 8.10. The van der Waals surface area contributed by atoms with E-state index >= 15 is 0 Å². The number of ketones is 1. The van der Waals surface area contributed by atoms with Crippen molar-refractivity contribution in [1.29, 1.82) is 0 Å². The van der Waals surface area contributed by atoms with Crippen LogP contribution in [0.3, 0.4) is 0 Å². The Labute approximate surface area is 154 Å². The summed E-state index contributed by atoms with van der Waals surface area (Å²) in [4.78, 5) is 23.2. The molecule has 3 rings (SSSR count). The highest BCUT2D eigenvalue weighted by atomic mass is 31.2. The van der Waals surface area contributed by atoms with Gasteiger partial charge >= 0.3 is 0 Å². The molecule has 1 aliphatic rings. The molecule has 4 atom stereocenters. The number of rotatable bonds is 7. The summed E-state index contributed by atoms with van der Waals surface area (Å²) in [7, 11) is -2.98. The molecule has 0 aliphatic carbocycles. The summed E-state index contributed by atoms with van der Waals surface area (Å²) in [6, 6.07) is -0.573. The summed E-state index contributed by atoms with van der Waals surface area (Å²) >= 11 is 0. The first-order chi connectivity index (χ1) is 12.7. The van der Waals surface area contributed by atoms with Crippen LogP contribution in [0.25, 0.3) is 11.2 Å². The van der Waals surface area contributed by atoms with E-state index in [1.165, 1.54) is 30.8 Å². The first kappa shape index (κ1) is 19.6. The van der Waals surface area contributed by atoms with Crippen LogP contribution in [-0.2, 0) is 18.8 Å². The van der Waals surface area contributed by atoms with Crippen LogP contribution in [0.5, 0.6) is 0 Å². The van der Waals surface area contributed by atoms with E-state index in [1.54, 1.807) is 6.92 Å². The van der Waals surface area contributed by atoms with E-state index in [0.717, 1.165) is 6.08 Å². The van der Waals surface area contributed by atoms with Crippen LogP contribution < -0.4 is 10.8 Å². The second-order valence-corrected chi connectivity index (χ2v) is 9.07. The second-order valence-electron chi connectivity index (χ2n) is 6.35. The van der Waals surface area contributed by atoms with Crippen LogP contribution in [0.15, 0.2) is 24.6 Å². The van der Waals surface area contributed by atoms with E-state index in [9.17, 15) is 13.8 Å². The number of hydrogen-bond acceptors (Lipinski definition) is 8. The molecule has 0 spiro atoms. The molecule has 0 fully saturated rings. The van der Waals surface area contributed by atoms with Crippen molar-refractivity contribution >= 4 is 30.1 Å². The number of halogens is 1. The lowest BCUT2D eigenvalue weighted by Crippen LogP contribution is -2.31. The lowest BCUT2D eigenvalue weighted by Gasteiger charge is -2.21. The minimum absolute atomic E-state index is 0.145. The molecular formula is C15H20FN6O4P. The fourth-order valence-electron chi connectivity index (χ4n) is 2.52. The van der Waals surface area contributed by atoms with Crippen LogP contribution in [0.2, 0.25) is 0 Å². The van der Waals surface area contributed by atoms with Gasteiger partial charge in [0.05, 0.1) is 12.4 Å². The zero-order valence-electron chi connectivity index (χ0n) is 15.0. The van der Waals surface area contributed by atoms with Crippen LogP contribution in [0, 0.1) is 0 Å². The molecule has 0 saturated heterocycles. The predicted molar refractivity (Wildman–Crippen MR) is 95.6 cm³/mol. The SMILES string of the molecule is CC(=O)[C@H](C)N[P@](C)(=O)CO[C@@H]1C=C(F)[C@H](n2cnc3c(N)ncnc32)O1. The lowest BCUT2D eigenvalue weighted by atomic mass is 10.3. The van der Waals surface area contributed by atoms with Gasteiger partial charge in [0.15, 0.2) is 37.1 Å². The van der Waals surface area contributed by atoms with E-state index in [1.807, 2.05) is 0 Å². The molecule has 3 N–H and O–H groups in total. The highest BCUT2D eigenvalue weighted by molar-refractivity contribution is 7.60. The summed E-state index contributed by atoms with van der Waals surface area (Å²) in [6.45, 7) is 4.45. The molecule has 10 nitrogen and oxygen atoms in total. The average Bonchev–Trinajstić information content (AvgIpc) is 3.16. The zero-order chi connectivity index (χ0) is 19.8. The first-order valence-corrected chi connectivity index (χ1v) is 10.4. The van der Waals surface area contributed by atoms with Gasteiger partial charge in [-0.1, -0.05) is 0 Å².